The number of amides is 2. The third-order valence-corrected chi connectivity index (χ3v) is 7.45. The summed E-state index contributed by atoms with van der Waals surface area (Å²) >= 11 is 6.58. The quantitative estimate of drug-likeness (QED) is 0.662. The minimum atomic E-state index is -0.109. The smallest absolute Gasteiger partial charge is 0.321 e. The number of rotatable bonds is 5. The predicted molar refractivity (Wildman–Crippen MR) is 136 cm³/mol. The van der Waals surface area contributed by atoms with Crippen LogP contribution >= 0.6 is 11.6 Å². The highest BCUT2D eigenvalue weighted by molar-refractivity contribution is 6.34. The third kappa shape index (κ3) is 5.07. The van der Waals surface area contributed by atoms with E-state index >= 15 is 0 Å². The lowest BCUT2D eigenvalue weighted by atomic mass is 9.82. The van der Waals surface area contributed by atoms with Crippen LogP contribution in [0.3, 0.4) is 0 Å². The molecule has 2 aliphatic heterocycles. The van der Waals surface area contributed by atoms with Gasteiger partial charge in [0.25, 0.3) is 0 Å². The normalized spacial score (nSPS) is 21.5. The fourth-order valence-corrected chi connectivity index (χ4v) is 5.15. The lowest BCUT2D eigenvalue weighted by Crippen LogP contribution is -2.49. The fourth-order valence-electron chi connectivity index (χ4n) is 4.93. The molecular formula is C26H35ClN4O2. The summed E-state index contributed by atoms with van der Waals surface area (Å²) in [6.07, 6.45) is 0.903. The molecule has 1 atom stereocenters. The van der Waals surface area contributed by atoms with Gasteiger partial charge >= 0.3 is 6.03 Å². The maximum absolute atomic E-state index is 13.3. The Bertz CT molecular complexity index is 990. The average molecular weight is 471 g/mol. The Kier molecular flexibility index (Phi) is 7.05. The summed E-state index contributed by atoms with van der Waals surface area (Å²) in [5.74, 6) is 0.842. The maximum Gasteiger partial charge on any atom is 0.321 e. The van der Waals surface area contributed by atoms with Crippen molar-refractivity contribution in [2.75, 3.05) is 56.6 Å². The highest BCUT2D eigenvalue weighted by Gasteiger charge is 2.38. The van der Waals surface area contributed by atoms with Crippen LogP contribution in [0.4, 0.5) is 16.2 Å². The number of hydrogen-bond acceptors (Lipinski definition) is 4. The number of carbonyl (C=O) groups excluding carboxylic acids is 1. The van der Waals surface area contributed by atoms with E-state index in [2.05, 4.69) is 54.1 Å². The number of nitrogens with one attached hydrogen (secondary N) is 1. The van der Waals surface area contributed by atoms with Gasteiger partial charge in [-0.15, -0.1) is 0 Å². The van der Waals surface area contributed by atoms with E-state index in [1.165, 1.54) is 5.56 Å². The van der Waals surface area contributed by atoms with Crippen LogP contribution in [0.15, 0.2) is 42.5 Å². The zero-order valence-electron chi connectivity index (χ0n) is 20.1. The van der Waals surface area contributed by atoms with Gasteiger partial charge in [-0.2, -0.15) is 0 Å². The van der Waals surface area contributed by atoms with Crippen molar-refractivity contribution in [3.8, 4) is 5.75 Å². The molecule has 0 aromatic heterocycles. The summed E-state index contributed by atoms with van der Waals surface area (Å²) < 4.78 is 5.40. The monoisotopic (exact) mass is 470 g/mol. The van der Waals surface area contributed by atoms with Crippen molar-refractivity contribution in [3.63, 3.8) is 0 Å². The summed E-state index contributed by atoms with van der Waals surface area (Å²) in [6, 6.07) is 14.4. The lowest BCUT2D eigenvalue weighted by molar-refractivity contribution is 0.209. The fraction of sp³-hybridized carbons (Fsp3) is 0.500. The first-order valence-electron chi connectivity index (χ1n) is 11.8. The van der Waals surface area contributed by atoms with Crippen LogP contribution in [0.1, 0.15) is 32.8 Å². The molecule has 1 N–H and O–H groups in total. The first kappa shape index (κ1) is 23.7. The largest absolute Gasteiger partial charge is 0.497 e. The highest BCUT2D eigenvalue weighted by Crippen LogP contribution is 2.38. The van der Waals surface area contributed by atoms with E-state index in [1.54, 1.807) is 7.11 Å². The SMILES string of the molecule is COc1cccc([C@]2(C)CCN(C(=O)Nc3c(Cl)cccc3N3CCN(C(C)C)CC3)C2)c1. The second-order valence-corrected chi connectivity index (χ2v) is 10.1. The summed E-state index contributed by atoms with van der Waals surface area (Å²) in [5.41, 5.74) is 2.78. The van der Waals surface area contributed by atoms with Gasteiger partial charge in [0.2, 0.25) is 0 Å². The molecule has 0 radical (unpaired) electrons. The molecule has 0 spiro atoms. The molecule has 0 saturated carbocycles. The number of piperazine rings is 1. The lowest BCUT2D eigenvalue weighted by Gasteiger charge is -2.39. The van der Waals surface area contributed by atoms with Gasteiger partial charge in [0.15, 0.2) is 0 Å². The van der Waals surface area contributed by atoms with Gasteiger partial charge in [-0.05, 0) is 50.1 Å². The van der Waals surface area contributed by atoms with Gasteiger partial charge in [-0.25, -0.2) is 4.79 Å². The topological polar surface area (TPSA) is 48.1 Å². The zero-order chi connectivity index (χ0) is 23.6. The number of benzene rings is 2. The molecule has 2 saturated heterocycles. The van der Waals surface area contributed by atoms with Crippen molar-refractivity contribution in [1.29, 1.82) is 0 Å². The molecule has 4 rings (SSSR count). The first-order chi connectivity index (χ1) is 15.8. The second kappa shape index (κ2) is 9.82. The number of anilines is 2. The zero-order valence-corrected chi connectivity index (χ0v) is 20.9. The Morgan fingerprint density at radius 3 is 2.52 bits per heavy atom. The number of urea groups is 1. The molecule has 2 fully saturated rings. The summed E-state index contributed by atoms with van der Waals surface area (Å²) in [6.45, 7) is 11.9. The summed E-state index contributed by atoms with van der Waals surface area (Å²) in [7, 11) is 1.68. The van der Waals surface area contributed by atoms with Gasteiger partial charge in [0.05, 0.1) is 23.5 Å². The molecule has 178 valence electrons. The van der Waals surface area contributed by atoms with Gasteiger partial charge in [-0.1, -0.05) is 36.7 Å². The van der Waals surface area contributed by atoms with Crippen LogP contribution in [0, 0.1) is 0 Å². The van der Waals surface area contributed by atoms with Crippen LogP contribution in [-0.4, -0.2) is 68.3 Å². The van der Waals surface area contributed by atoms with Crippen LogP contribution < -0.4 is 15.0 Å². The Hall–Kier alpha value is -2.44. The highest BCUT2D eigenvalue weighted by atomic mass is 35.5. The van der Waals surface area contributed by atoms with Crippen molar-refractivity contribution >= 4 is 29.0 Å². The molecule has 2 heterocycles. The van der Waals surface area contributed by atoms with Crippen molar-refractivity contribution in [2.45, 2.75) is 38.6 Å². The average Bonchev–Trinajstić information content (AvgIpc) is 3.24. The van der Waals surface area contributed by atoms with Gasteiger partial charge in [0, 0.05) is 50.7 Å². The number of carbonyl (C=O) groups is 1. The Balaban J connectivity index is 1.47. The number of hydrogen-bond donors (Lipinski definition) is 1. The van der Waals surface area contributed by atoms with E-state index in [4.69, 9.17) is 16.3 Å². The number of para-hydroxylation sites is 1. The minimum Gasteiger partial charge on any atom is -0.497 e. The standard InChI is InChI=1S/C26H35ClN4O2/c1-19(2)29-13-15-30(16-14-29)23-10-6-9-22(27)24(23)28-25(32)31-12-11-26(3,18-31)20-7-5-8-21(17-20)33-4/h5-10,17,19H,11-16,18H2,1-4H3,(H,28,32)/t26-/m1/s1. The van der Waals surface area contributed by atoms with E-state index in [1.807, 2.05) is 29.2 Å². The maximum atomic E-state index is 13.3. The van der Waals surface area contributed by atoms with Crippen molar-refractivity contribution in [1.82, 2.24) is 9.80 Å². The molecule has 2 aromatic rings. The van der Waals surface area contributed by atoms with Crippen molar-refractivity contribution in [2.24, 2.45) is 0 Å². The van der Waals surface area contributed by atoms with E-state index < -0.39 is 0 Å². The summed E-state index contributed by atoms with van der Waals surface area (Å²) in [4.78, 5) is 20.0. The molecular weight excluding hydrogens is 436 g/mol. The van der Waals surface area contributed by atoms with Gasteiger partial charge < -0.3 is 19.9 Å². The second-order valence-electron chi connectivity index (χ2n) is 9.65. The number of halogens is 1. The molecule has 6 nitrogen and oxygen atoms in total. The van der Waals surface area contributed by atoms with E-state index in [9.17, 15) is 4.79 Å². The number of methoxy groups -OCH3 is 1. The number of nitrogens with zero attached hydrogens (tertiary/aromatic N) is 3. The van der Waals surface area contributed by atoms with Crippen LogP contribution in [0.5, 0.6) is 5.75 Å². The molecule has 33 heavy (non-hydrogen) atoms. The van der Waals surface area contributed by atoms with Crippen LogP contribution in [0.25, 0.3) is 0 Å². The Morgan fingerprint density at radius 2 is 1.82 bits per heavy atom. The first-order valence-corrected chi connectivity index (χ1v) is 12.2. The van der Waals surface area contributed by atoms with Gasteiger partial charge in [-0.3, -0.25) is 4.90 Å². The molecule has 0 unspecified atom stereocenters. The molecule has 7 heteroatoms. The predicted octanol–water partition coefficient (Wildman–Crippen LogP) is 5.07. The van der Waals surface area contributed by atoms with E-state index in [-0.39, 0.29) is 11.4 Å². The van der Waals surface area contributed by atoms with Crippen molar-refractivity contribution in [3.05, 3.63) is 53.1 Å². The molecule has 0 bridgehead atoms. The molecule has 2 amide bonds. The molecule has 2 aliphatic rings. The van der Waals surface area contributed by atoms with Crippen molar-refractivity contribution < 1.29 is 9.53 Å². The van der Waals surface area contributed by atoms with Crippen LogP contribution in [0.2, 0.25) is 5.02 Å². The minimum absolute atomic E-state index is 0.100. The Morgan fingerprint density at radius 1 is 1.09 bits per heavy atom. The summed E-state index contributed by atoms with van der Waals surface area (Å²) in [5, 5.41) is 3.71. The number of likely N-dealkylation sites (tertiary alicyclic amines) is 1. The number of ether oxygens (including phenoxy) is 1. The van der Waals surface area contributed by atoms with E-state index in [0.717, 1.165) is 44.0 Å². The molecule has 0 aliphatic carbocycles. The third-order valence-electron chi connectivity index (χ3n) is 7.14. The van der Waals surface area contributed by atoms with Gasteiger partial charge in [0.1, 0.15) is 5.75 Å². The van der Waals surface area contributed by atoms with E-state index in [0.29, 0.717) is 29.8 Å². The van der Waals surface area contributed by atoms with Crippen LogP contribution in [-0.2, 0) is 5.41 Å². The Labute approximate surface area is 202 Å². The molecule has 2 aromatic carbocycles.